The molecule has 2 nitrogen and oxygen atoms in total. The zero-order valence-electron chi connectivity index (χ0n) is 12.1. The molecule has 0 unspecified atom stereocenters. The summed E-state index contributed by atoms with van der Waals surface area (Å²) in [5.41, 5.74) is 0. The summed E-state index contributed by atoms with van der Waals surface area (Å²) in [6.07, 6.45) is 2.79. The number of rotatable bonds is 2. The second-order valence-electron chi connectivity index (χ2n) is 3.65. The van der Waals surface area contributed by atoms with Gasteiger partial charge in [0.15, 0.2) is 0 Å². The molecule has 1 rings (SSSR count). The van der Waals surface area contributed by atoms with Gasteiger partial charge >= 0.3 is 0 Å². The summed E-state index contributed by atoms with van der Waals surface area (Å²) in [6, 6.07) is 0.761. The van der Waals surface area contributed by atoms with Crippen LogP contribution in [-0.2, 0) is 0 Å². The summed E-state index contributed by atoms with van der Waals surface area (Å²) in [5, 5.41) is 0. The van der Waals surface area contributed by atoms with Gasteiger partial charge in [-0.25, -0.2) is 0 Å². The van der Waals surface area contributed by atoms with E-state index in [4.69, 9.17) is 0 Å². The maximum absolute atomic E-state index is 2.58. The van der Waals surface area contributed by atoms with Crippen LogP contribution in [0.3, 0.4) is 0 Å². The molecule has 0 saturated carbocycles. The van der Waals surface area contributed by atoms with Gasteiger partial charge in [0.05, 0.1) is 0 Å². The van der Waals surface area contributed by atoms with Crippen molar-refractivity contribution in [1.82, 2.24) is 11.1 Å². The molecule has 0 amide bonds. The lowest BCUT2D eigenvalue weighted by Crippen LogP contribution is -2.28. The molecule has 1 saturated heterocycles. The largest absolute Gasteiger partial charge is 0.344 e. The van der Waals surface area contributed by atoms with Crippen molar-refractivity contribution in [3.8, 4) is 0 Å². The van der Waals surface area contributed by atoms with E-state index in [2.05, 4.69) is 25.7 Å². The number of likely N-dealkylation sites (tertiary alicyclic amines) is 1. The summed E-state index contributed by atoms with van der Waals surface area (Å²) >= 11 is 0. The van der Waals surface area contributed by atoms with Gasteiger partial charge in [0, 0.05) is 12.6 Å². The first kappa shape index (κ1) is 20.3. The highest BCUT2D eigenvalue weighted by molar-refractivity contribution is 4.76. The van der Waals surface area contributed by atoms with Crippen molar-refractivity contribution in [2.75, 3.05) is 13.1 Å². The van der Waals surface area contributed by atoms with E-state index in [1.807, 2.05) is 27.7 Å². The van der Waals surface area contributed by atoms with Crippen molar-refractivity contribution >= 4 is 0 Å². The van der Waals surface area contributed by atoms with Gasteiger partial charge in [-0.15, -0.1) is 0 Å². The lowest BCUT2D eigenvalue weighted by Gasteiger charge is -2.19. The summed E-state index contributed by atoms with van der Waals surface area (Å²) in [4.78, 5) is 2.58. The van der Waals surface area contributed by atoms with Crippen molar-refractivity contribution in [2.24, 2.45) is 5.92 Å². The molecule has 1 heterocycles. The molecule has 0 aromatic carbocycles. The fourth-order valence-electron chi connectivity index (χ4n) is 1.66. The van der Waals surface area contributed by atoms with Crippen LogP contribution in [0.5, 0.6) is 0 Å². The Labute approximate surface area is 98.0 Å². The Balaban J connectivity index is -0.000000258. The van der Waals surface area contributed by atoms with E-state index < -0.39 is 0 Å². The van der Waals surface area contributed by atoms with Crippen molar-refractivity contribution in [2.45, 2.75) is 67.3 Å². The van der Waals surface area contributed by atoms with Crippen LogP contribution >= 0.6 is 0 Å². The molecule has 0 aromatic rings. The summed E-state index contributed by atoms with van der Waals surface area (Å²) in [5.74, 6) is 0.988. The minimum absolute atomic E-state index is 0. The second kappa shape index (κ2) is 13.9. The topological polar surface area (TPSA) is 38.2 Å². The Morgan fingerprint density at radius 2 is 1.60 bits per heavy atom. The molecule has 0 bridgehead atoms. The molecule has 3 N–H and O–H groups in total. The monoisotopic (exact) mass is 218 g/mol. The van der Waals surface area contributed by atoms with Crippen LogP contribution in [0.15, 0.2) is 0 Å². The molecular formula is C13H34N2. The van der Waals surface area contributed by atoms with E-state index >= 15 is 0 Å². The molecule has 0 spiro atoms. The third-order valence-corrected chi connectivity index (χ3v) is 2.62. The third-order valence-electron chi connectivity index (χ3n) is 2.62. The molecule has 1 fully saturated rings. The Morgan fingerprint density at radius 3 is 1.80 bits per heavy atom. The van der Waals surface area contributed by atoms with Crippen LogP contribution in [0, 0.1) is 5.92 Å². The fraction of sp³-hybridized carbons (Fsp3) is 1.00. The van der Waals surface area contributed by atoms with E-state index in [1.165, 1.54) is 25.9 Å². The van der Waals surface area contributed by atoms with Crippen LogP contribution in [0.25, 0.3) is 0 Å². The standard InChI is InChI=1S/C9H19N.2C2H6.H3N/c1-4-9-5-6-10(7-9)8(2)3;2*1-2;/h8-9H,4-7H2,1-3H3;2*1-2H3;1H3/t9-;;;/m0.../s1. The molecule has 15 heavy (non-hydrogen) atoms. The van der Waals surface area contributed by atoms with E-state index in [9.17, 15) is 0 Å². The van der Waals surface area contributed by atoms with Gasteiger partial charge in [0.2, 0.25) is 0 Å². The molecule has 1 atom stereocenters. The van der Waals surface area contributed by atoms with Crippen LogP contribution in [0.2, 0.25) is 0 Å². The smallest absolute Gasteiger partial charge is 0.00387 e. The maximum Gasteiger partial charge on any atom is 0.00387 e. The minimum atomic E-state index is 0. The predicted molar refractivity (Wildman–Crippen MR) is 72.8 cm³/mol. The average Bonchev–Trinajstić information content (AvgIpc) is 2.72. The van der Waals surface area contributed by atoms with Crippen LogP contribution in [0.4, 0.5) is 0 Å². The van der Waals surface area contributed by atoms with E-state index in [0.29, 0.717) is 0 Å². The first-order chi connectivity index (χ1) is 6.74. The van der Waals surface area contributed by atoms with Gasteiger partial charge in [-0.05, 0) is 32.7 Å². The SMILES string of the molecule is CC.CC.CC[C@H]1CCN(C(C)C)C1.N. The predicted octanol–water partition coefficient (Wildman–Crippen LogP) is 4.34. The highest BCUT2D eigenvalue weighted by Gasteiger charge is 2.21. The second-order valence-corrected chi connectivity index (χ2v) is 3.65. The summed E-state index contributed by atoms with van der Waals surface area (Å²) < 4.78 is 0. The minimum Gasteiger partial charge on any atom is -0.344 e. The number of nitrogens with zero attached hydrogens (tertiary/aromatic N) is 1. The lowest BCUT2D eigenvalue weighted by atomic mass is 10.1. The molecule has 96 valence electrons. The molecule has 1 aliphatic rings. The average molecular weight is 218 g/mol. The zero-order chi connectivity index (χ0) is 11.6. The van der Waals surface area contributed by atoms with E-state index in [-0.39, 0.29) is 6.15 Å². The third kappa shape index (κ3) is 8.88. The molecular weight excluding hydrogens is 184 g/mol. The van der Waals surface area contributed by atoms with Crippen LogP contribution < -0.4 is 6.15 Å². The summed E-state index contributed by atoms with van der Waals surface area (Å²) in [7, 11) is 0. The molecule has 2 heteroatoms. The lowest BCUT2D eigenvalue weighted by molar-refractivity contribution is 0.264. The quantitative estimate of drug-likeness (QED) is 0.748. The molecule has 1 aliphatic heterocycles. The molecule has 0 aromatic heterocycles. The van der Waals surface area contributed by atoms with Crippen molar-refractivity contribution < 1.29 is 0 Å². The van der Waals surface area contributed by atoms with Crippen LogP contribution in [0.1, 0.15) is 61.3 Å². The van der Waals surface area contributed by atoms with E-state index in [1.54, 1.807) is 0 Å². The molecule has 0 radical (unpaired) electrons. The Bertz CT molecular complexity index is 103. The summed E-state index contributed by atoms with van der Waals surface area (Å²) in [6.45, 7) is 17.6. The Kier molecular flexibility index (Phi) is 18.9. The van der Waals surface area contributed by atoms with Gasteiger partial charge in [-0.2, -0.15) is 0 Å². The van der Waals surface area contributed by atoms with Gasteiger partial charge in [0.1, 0.15) is 0 Å². The van der Waals surface area contributed by atoms with Gasteiger partial charge in [-0.1, -0.05) is 41.0 Å². The molecule has 0 aliphatic carbocycles. The highest BCUT2D eigenvalue weighted by Crippen LogP contribution is 2.20. The number of hydrogen-bond donors (Lipinski definition) is 1. The highest BCUT2D eigenvalue weighted by atomic mass is 15.2. The van der Waals surface area contributed by atoms with Gasteiger partial charge in [-0.3, -0.25) is 0 Å². The van der Waals surface area contributed by atoms with Crippen molar-refractivity contribution in [1.29, 1.82) is 0 Å². The Morgan fingerprint density at radius 1 is 1.13 bits per heavy atom. The zero-order valence-corrected chi connectivity index (χ0v) is 12.1. The van der Waals surface area contributed by atoms with E-state index in [0.717, 1.165) is 12.0 Å². The van der Waals surface area contributed by atoms with Crippen molar-refractivity contribution in [3.63, 3.8) is 0 Å². The number of hydrogen-bond acceptors (Lipinski definition) is 2. The van der Waals surface area contributed by atoms with Crippen LogP contribution in [-0.4, -0.2) is 24.0 Å². The Hall–Kier alpha value is -0.0800. The normalized spacial score (nSPS) is 19.6. The fourth-order valence-corrected chi connectivity index (χ4v) is 1.66. The maximum atomic E-state index is 2.58. The first-order valence-electron chi connectivity index (χ1n) is 6.48. The van der Waals surface area contributed by atoms with Gasteiger partial charge < -0.3 is 11.1 Å². The van der Waals surface area contributed by atoms with Crippen molar-refractivity contribution in [3.05, 3.63) is 0 Å². The first-order valence-corrected chi connectivity index (χ1v) is 6.48. The van der Waals surface area contributed by atoms with Gasteiger partial charge in [0.25, 0.3) is 0 Å².